The first kappa shape index (κ1) is 30.3. The molecule has 1 heterocycles. The Balaban J connectivity index is 1.72. The first-order valence-corrected chi connectivity index (χ1v) is 14.1. The van der Waals surface area contributed by atoms with E-state index < -0.39 is 58.0 Å². The molecule has 1 amide bonds. The zero-order valence-corrected chi connectivity index (χ0v) is 24.8. The molecule has 0 spiro atoms. The fraction of sp³-hybridized carbons (Fsp3) is 0.406. The van der Waals surface area contributed by atoms with Crippen molar-refractivity contribution in [1.82, 2.24) is 9.80 Å². The Kier molecular flexibility index (Phi) is 7.62. The highest BCUT2D eigenvalue weighted by molar-refractivity contribution is 6.24. The average molecular weight is 592 g/mol. The summed E-state index contributed by atoms with van der Waals surface area (Å²) in [5.74, 6) is -6.74. The largest absolute Gasteiger partial charge is 0.508 e. The SMILES string of the molecule is C/C=C(\C)CN(C)Cc1cc(-c2ccoc2)c2c(c1O)C(O)=C1C(=O)[C@]3(O)C(O)=C(C(N)=O)C(=O)[C@@H](N(C)C)C3CC1C2. The molecule has 4 atom stereocenters. The quantitative estimate of drug-likeness (QED) is 0.237. The number of furan rings is 1. The van der Waals surface area contributed by atoms with Crippen LogP contribution in [0.3, 0.4) is 0 Å². The number of aromatic hydroxyl groups is 1. The second-order valence-corrected chi connectivity index (χ2v) is 12.1. The number of ketones is 2. The van der Waals surface area contributed by atoms with E-state index in [9.17, 15) is 34.8 Å². The molecule has 3 aliphatic rings. The molecule has 43 heavy (non-hydrogen) atoms. The Labute approximate surface area is 249 Å². The maximum Gasteiger partial charge on any atom is 0.255 e. The van der Waals surface area contributed by atoms with Crippen LogP contribution in [0.2, 0.25) is 0 Å². The number of nitrogens with zero attached hydrogens (tertiary/aromatic N) is 2. The second-order valence-electron chi connectivity index (χ2n) is 12.1. The number of Topliss-reactive ketones (excluding diaryl/α,β-unsaturated/α-hetero) is 2. The number of hydrogen-bond acceptors (Lipinski definition) is 10. The summed E-state index contributed by atoms with van der Waals surface area (Å²) in [4.78, 5) is 43.2. The van der Waals surface area contributed by atoms with Gasteiger partial charge < -0.3 is 30.6 Å². The van der Waals surface area contributed by atoms with Crippen LogP contribution in [-0.4, -0.2) is 87.0 Å². The van der Waals surface area contributed by atoms with Gasteiger partial charge in [0.2, 0.25) is 5.78 Å². The number of nitrogens with two attached hydrogens (primary N) is 1. The van der Waals surface area contributed by atoms with Crippen LogP contribution in [0.25, 0.3) is 16.9 Å². The average Bonchev–Trinajstić information content (AvgIpc) is 3.46. The van der Waals surface area contributed by atoms with Crippen molar-refractivity contribution >= 4 is 23.2 Å². The second kappa shape index (κ2) is 10.8. The predicted octanol–water partition coefficient (Wildman–Crippen LogP) is 2.62. The summed E-state index contributed by atoms with van der Waals surface area (Å²) >= 11 is 0. The van der Waals surface area contributed by atoms with Gasteiger partial charge in [-0.05, 0) is 77.0 Å². The van der Waals surface area contributed by atoms with Crippen molar-refractivity contribution in [2.75, 3.05) is 27.7 Å². The fourth-order valence-corrected chi connectivity index (χ4v) is 7.03. The van der Waals surface area contributed by atoms with Crippen LogP contribution in [0, 0.1) is 11.8 Å². The van der Waals surface area contributed by atoms with Gasteiger partial charge in [0.25, 0.3) is 5.91 Å². The number of rotatable bonds is 7. The van der Waals surface area contributed by atoms with Gasteiger partial charge in [0.15, 0.2) is 11.4 Å². The molecule has 3 aliphatic carbocycles. The number of likely N-dealkylation sites (N-methyl/N-ethyl adjacent to an activating group) is 2. The number of phenolic OH excluding ortho intramolecular Hbond substituents is 1. The highest BCUT2D eigenvalue weighted by Crippen LogP contribution is 2.54. The van der Waals surface area contributed by atoms with E-state index in [-0.39, 0.29) is 29.7 Å². The molecular weight excluding hydrogens is 554 g/mol. The number of amides is 1. The molecule has 0 aliphatic heterocycles. The van der Waals surface area contributed by atoms with Gasteiger partial charge in [0, 0.05) is 35.7 Å². The van der Waals surface area contributed by atoms with E-state index in [1.54, 1.807) is 26.4 Å². The van der Waals surface area contributed by atoms with E-state index in [2.05, 4.69) is 0 Å². The summed E-state index contributed by atoms with van der Waals surface area (Å²) in [5.41, 5.74) is 5.39. The van der Waals surface area contributed by atoms with E-state index in [0.717, 1.165) is 5.57 Å². The lowest BCUT2D eigenvalue weighted by atomic mass is 9.57. The van der Waals surface area contributed by atoms with Crippen molar-refractivity contribution in [2.45, 2.75) is 44.9 Å². The molecule has 1 saturated carbocycles. The van der Waals surface area contributed by atoms with Gasteiger partial charge in [-0.1, -0.05) is 11.6 Å². The van der Waals surface area contributed by atoms with Gasteiger partial charge in [-0.15, -0.1) is 0 Å². The van der Waals surface area contributed by atoms with Crippen molar-refractivity contribution in [3.05, 3.63) is 69.9 Å². The minimum absolute atomic E-state index is 0.0183. The highest BCUT2D eigenvalue weighted by atomic mass is 16.3. The minimum Gasteiger partial charge on any atom is -0.508 e. The molecule has 2 aromatic rings. The summed E-state index contributed by atoms with van der Waals surface area (Å²) in [6.07, 6.45) is 5.28. The number of aliphatic hydroxyl groups is 3. The summed E-state index contributed by atoms with van der Waals surface area (Å²) in [6, 6.07) is 2.47. The van der Waals surface area contributed by atoms with Gasteiger partial charge in [-0.25, -0.2) is 0 Å². The van der Waals surface area contributed by atoms with Crippen LogP contribution in [0.15, 0.2) is 57.6 Å². The molecule has 0 bridgehead atoms. The third kappa shape index (κ3) is 4.59. The number of phenols is 1. The van der Waals surface area contributed by atoms with Crippen LogP contribution in [0.5, 0.6) is 5.75 Å². The van der Waals surface area contributed by atoms with Crippen LogP contribution >= 0.6 is 0 Å². The summed E-state index contributed by atoms with van der Waals surface area (Å²) < 4.78 is 5.35. The Bertz CT molecular complexity index is 1620. The Morgan fingerprint density at radius 2 is 1.91 bits per heavy atom. The zero-order chi connectivity index (χ0) is 31.5. The van der Waals surface area contributed by atoms with E-state index in [4.69, 9.17) is 10.2 Å². The van der Waals surface area contributed by atoms with Crippen molar-refractivity contribution in [2.24, 2.45) is 17.6 Å². The number of carbonyl (C=O) groups excluding carboxylic acids is 3. The van der Waals surface area contributed by atoms with Crippen molar-refractivity contribution in [3.8, 4) is 16.9 Å². The van der Waals surface area contributed by atoms with E-state index in [0.29, 0.717) is 35.3 Å². The lowest BCUT2D eigenvalue weighted by Crippen LogP contribution is -2.65. The van der Waals surface area contributed by atoms with Gasteiger partial charge >= 0.3 is 0 Å². The van der Waals surface area contributed by atoms with Gasteiger partial charge in [0.05, 0.1) is 24.1 Å². The number of allylic oxidation sites excluding steroid dienone is 1. The Morgan fingerprint density at radius 1 is 1.21 bits per heavy atom. The van der Waals surface area contributed by atoms with Crippen LogP contribution in [0.1, 0.15) is 37.0 Å². The molecule has 11 heteroatoms. The lowest BCUT2D eigenvalue weighted by Gasteiger charge is -2.50. The normalized spacial score (nSPS) is 25.8. The third-order valence-electron chi connectivity index (χ3n) is 9.08. The molecule has 1 aromatic heterocycles. The molecular formula is C32H37N3O8. The number of aliphatic hydroxyl groups excluding tert-OH is 2. The molecule has 6 N–H and O–H groups in total. The molecule has 0 radical (unpaired) electrons. The van der Waals surface area contributed by atoms with Crippen molar-refractivity contribution in [1.29, 1.82) is 0 Å². The maximum absolute atomic E-state index is 14.2. The molecule has 5 rings (SSSR count). The predicted molar refractivity (Wildman–Crippen MR) is 158 cm³/mol. The number of primary amides is 1. The first-order chi connectivity index (χ1) is 20.2. The molecule has 1 aromatic carbocycles. The smallest absolute Gasteiger partial charge is 0.255 e. The monoisotopic (exact) mass is 591 g/mol. The highest BCUT2D eigenvalue weighted by Gasteiger charge is 2.64. The zero-order valence-electron chi connectivity index (χ0n) is 24.8. The van der Waals surface area contributed by atoms with Gasteiger partial charge in [-0.2, -0.15) is 0 Å². The topological polar surface area (TPSA) is 178 Å². The minimum atomic E-state index is -2.69. The first-order valence-electron chi connectivity index (χ1n) is 14.1. The molecule has 0 saturated heterocycles. The molecule has 1 fully saturated rings. The maximum atomic E-state index is 14.2. The Hall–Kier alpha value is -4.19. The molecule has 228 valence electrons. The summed E-state index contributed by atoms with van der Waals surface area (Å²) in [7, 11) is 5.03. The van der Waals surface area contributed by atoms with E-state index in [1.807, 2.05) is 37.9 Å². The number of hydrogen-bond donors (Lipinski definition) is 5. The summed E-state index contributed by atoms with van der Waals surface area (Å²) in [5, 5.41) is 46.2. The number of carbonyl (C=O) groups is 3. The third-order valence-corrected chi connectivity index (χ3v) is 9.08. The van der Waals surface area contributed by atoms with E-state index >= 15 is 0 Å². The van der Waals surface area contributed by atoms with Crippen LogP contribution in [-0.2, 0) is 27.3 Å². The van der Waals surface area contributed by atoms with Crippen LogP contribution in [0.4, 0.5) is 0 Å². The van der Waals surface area contributed by atoms with Crippen molar-refractivity contribution in [3.63, 3.8) is 0 Å². The van der Waals surface area contributed by atoms with Crippen LogP contribution < -0.4 is 5.73 Å². The fourth-order valence-electron chi connectivity index (χ4n) is 7.03. The van der Waals surface area contributed by atoms with Gasteiger partial charge in [-0.3, -0.25) is 24.2 Å². The molecule has 2 unspecified atom stereocenters. The van der Waals surface area contributed by atoms with E-state index in [1.165, 1.54) is 11.2 Å². The standard InChI is InChI=1S/C32H37N3O8/c1-6-15(2)12-35(5)13-18-10-19(16-7-8-43-14-16)20-9-17-11-21-25(34(3)4)28(38)24(31(33)41)30(40)32(21,42)29(39)22(17)27(37)23(20)26(18)36/h6-8,10,14,17,21,25,36-37,40,42H,9,11-13H2,1-5H3,(H2,33,41)/b15-6+/t17?,21?,25-,32-/m0/s1. The lowest BCUT2D eigenvalue weighted by molar-refractivity contribution is -0.153. The number of fused-ring (bicyclic) bond motifs is 3. The molecule has 11 nitrogen and oxygen atoms in total. The van der Waals surface area contributed by atoms with Gasteiger partial charge in [0.1, 0.15) is 22.8 Å². The summed E-state index contributed by atoms with van der Waals surface area (Å²) in [6.45, 7) is 4.89. The van der Waals surface area contributed by atoms with Crippen molar-refractivity contribution < 1.29 is 39.2 Å². The number of benzene rings is 1. The Morgan fingerprint density at radius 3 is 2.49 bits per heavy atom.